The molecular formula is C28H37FN4O2. The monoisotopic (exact) mass is 480 g/mol. The number of fused-ring (bicyclic) bond motifs is 1. The van der Waals surface area contributed by atoms with Gasteiger partial charge in [-0.15, -0.1) is 0 Å². The Morgan fingerprint density at radius 3 is 2.66 bits per heavy atom. The largest absolute Gasteiger partial charge is 0.392 e. The molecule has 1 atom stereocenters. The molecule has 2 heterocycles. The van der Waals surface area contributed by atoms with Gasteiger partial charge < -0.3 is 9.84 Å². The summed E-state index contributed by atoms with van der Waals surface area (Å²) in [5, 5.41) is 15.6. The van der Waals surface area contributed by atoms with Crippen molar-refractivity contribution in [1.82, 2.24) is 19.6 Å². The van der Waals surface area contributed by atoms with Gasteiger partial charge in [0.1, 0.15) is 5.82 Å². The highest BCUT2D eigenvalue weighted by molar-refractivity contribution is 5.39. The zero-order valence-electron chi connectivity index (χ0n) is 20.9. The Balaban J connectivity index is 1.62. The molecule has 1 unspecified atom stereocenters. The molecule has 0 spiro atoms. The Morgan fingerprint density at radius 1 is 1.14 bits per heavy atom. The second kappa shape index (κ2) is 12.4. The lowest BCUT2D eigenvalue weighted by Crippen LogP contribution is -2.35. The van der Waals surface area contributed by atoms with Gasteiger partial charge in [0, 0.05) is 63.9 Å². The molecule has 4 rings (SSSR count). The van der Waals surface area contributed by atoms with Crippen molar-refractivity contribution < 1.29 is 14.2 Å². The van der Waals surface area contributed by atoms with E-state index in [4.69, 9.17) is 9.84 Å². The first kappa shape index (κ1) is 25.5. The maximum atomic E-state index is 14.3. The van der Waals surface area contributed by atoms with Gasteiger partial charge in [-0.3, -0.25) is 9.80 Å². The fourth-order valence-electron chi connectivity index (χ4n) is 4.84. The quantitative estimate of drug-likeness (QED) is 0.422. The van der Waals surface area contributed by atoms with Crippen LogP contribution in [0.15, 0.2) is 54.6 Å². The molecule has 0 radical (unpaired) electrons. The predicted molar refractivity (Wildman–Crippen MR) is 136 cm³/mol. The van der Waals surface area contributed by atoms with Crippen LogP contribution in [-0.2, 0) is 30.8 Å². The van der Waals surface area contributed by atoms with Crippen LogP contribution >= 0.6 is 0 Å². The Labute approximate surface area is 207 Å². The van der Waals surface area contributed by atoms with Crippen molar-refractivity contribution in [2.45, 2.75) is 51.9 Å². The molecule has 0 aliphatic carbocycles. The van der Waals surface area contributed by atoms with Crippen molar-refractivity contribution >= 4 is 0 Å². The van der Waals surface area contributed by atoms with Crippen molar-refractivity contribution in [3.8, 4) is 5.69 Å². The minimum Gasteiger partial charge on any atom is -0.392 e. The van der Waals surface area contributed by atoms with E-state index in [1.165, 1.54) is 17.3 Å². The number of methoxy groups -OCH3 is 1. The lowest BCUT2D eigenvalue weighted by molar-refractivity contribution is 0.0790. The number of aromatic nitrogens is 2. The number of benzene rings is 2. The fraction of sp³-hybridized carbons (Fsp3) is 0.464. The van der Waals surface area contributed by atoms with E-state index in [1.807, 2.05) is 30.3 Å². The van der Waals surface area contributed by atoms with Crippen LogP contribution in [0.5, 0.6) is 0 Å². The Morgan fingerprint density at radius 2 is 1.91 bits per heavy atom. The first-order valence-corrected chi connectivity index (χ1v) is 12.6. The summed E-state index contributed by atoms with van der Waals surface area (Å²) in [6.07, 6.45) is 2.20. The summed E-state index contributed by atoms with van der Waals surface area (Å²) in [6, 6.07) is 17.2. The van der Waals surface area contributed by atoms with E-state index in [9.17, 15) is 9.50 Å². The summed E-state index contributed by atoms with van der Waals surface area (Å²) in [6.45, 7) is 6.78. The van der Waals surface area contributed by atoms with Gasteiger partial charge in [-0.25, -0.2) is 9.07 Å². The van der Waals surface area contributed by atoms with Gasteiger partial charge in [-0.05, 0) is 24.6 Å². The van der Waals surface area contributed by atoms with Crippen molar-refractivity contribution in [3.63, 3.8) is 0 Å². The molecule has 0 amide bonds. The molecule has 1 aliphatic rings. The molecule has 7 heteroatoms. The first-order chi connectivity index (χ1) is 17.1. The van der Waals surface area contributed by atoms with Crippen molar-refractivity contribution in [3.05, 3.63) is 82.9 Å². The highest BCUT2D eigenvalue weighted by atomic mass is 19.1. The number of halogens is 1. The minimum atomic E-state index is -0.374. The summed E-state index contributed by atoms with van der Waals surface area (Å²) in [7, 11) is 1.70. The summed E-state index contributed by atoms with van der Waals surface area (Å²) in [5.41, 5.74) is 5.21. The Kier molecular flexibility index (Phi) is 9.04. The molecule has 0 fully saturated rings. The molecule has 1 N–H and O–H groups in total. The van der Waals surface area contributed by atoms with E-state index in [1.54, 1.807) is 13.2 Å². The average Bonchev–Trinajstić information content (AvgIpc) is 3.22. The van der Waals surface area contributed by atoms with Gasteiger partial charge >= 0.3 is 0 Å². The number of rotatable bonds is 12. The topological polar surface area (TPSA) is 53.8 Å². The average molecular weight is 481 g/mol. The number of hydrogen-bond acceptors (Lipinski definition) is 5. The Hall–Kier alpha value is -2.58. The van der Waals surface area contributed by atoms with Crippen LogP contribution in [-0.4, -0.2) is 64.1 Å². The van der Waals surface area contributed by atoms with E-state index >= 15 is 0 Å². The highest BCUT2D eigenvalue weighted by Crippen LogP contribution is 2.28. The molecule has 0 saturated heterocycles. The minimum absolute atomic E-state index is 0.158. The number of aliphatic hydroxyl groups is 1. The second-order valence-corrected chi connectivity index (χ2v) is 9.34. The number of para-hydroxylation sites is 1. The van der Waals surface area contributed by atoms with Crippen LogP contribution in [0, 0.1) is 5.82 Å². The lowest BCUT2D eigenvalue weighted by Gasteiger charge is -2.29. The summed E-state index contributed by atoms with van der Waals surface area (Å²) < 4.78 is 21.7. The van der Waals surface area contributed by atoms with E-state index in [-0.39, 0.29) is 11.9 Å². The highest BCUT2D eigenvalue weighted by Gasteiger charge is 2.27. The van der Waals surface area contributed by atoms with Gasteiger partial charge in [0.2, 0.25) is 0 Å². The third-order valence-corrected chi connectivity index (χ3v) is 6.65. The zero-order chi connectivity index (χ0) is 24.6. The SMILES string of the molecule is CCCC(O)CN(CCOC)Cc1nn(-c2ccccc2)c2c1CN(Cc1ccccc1F)CC2. The number of nitrogens with zero attached hydrogens (tertiary/aromatic N) is 4. The molecule has 6 nitrogen and oxygen atoms in total. The molecule has 1 aliphatic heterocycles. The van der Waals surface area contributed by atoms with Crippen molar-refractivity contribution in [2.75, 3.05) is 33.4 Å². The van der Waals surface area contributed by atoms with Crippen molar-refractivity contribution in [1.29, 1.82) is 0 Å². The van der Waals surface area contributed by atoms with Gasteiger partial charge in [-0.1, -0.05) is 49.7 Å². The third-order valence-electron chi connectivity index (χ3n) is 6.65. The molecule has 3 aromatic rings. The predicted octanol–water partition coefficient (Wildman–Crippen LogP) is 4.18. The zero-order valence-corrected chi connectivity index (χ0v) is 20.9. The second-order valence-electron chi connectivity index (χ2n) is 9.34. The van der Waals surface area contributed by atoms with Gasteiger partial charge in [-0.2, -0.15) is 5.10 Å². The summed E-state index contributed by atoms with van der Waals surface area (Å²) in [5.74, 6) is -0.158. The molecule has 0 bridgehead atoms. The maximum absolute atomic E-state index is 14.3. The standard InChI is InChI=1S/C28H37FN4O2/c1-3-9-24(34)19-32(16-17-35-2)21-27-25-20-31(18-22-10-7-8-13-26(22)29)15-14-28(25)33(30-27)23-11-5-4-6-12-23/h4-8,10-13,24,34H,3,9,14-21H2,1-2H3. The molecule has 2 aromatic carbocycles. The van der Waals surface area contributed by atoms with E-state index in [2.05, 4.69) is 33.5 Å². The van der Waals surface area contributed by atoms with Gasteiger partial charge in [0.25, 0.3) is 0 Å². The number of hydrogen-bond donors (Lipinski definition) is 1. The van der Waals surface area contributed by atoms with Crippen LogP contribution in [0.1, 0.15) is 42.3 Å². The van der Waals surface area contributed by atoms with Gasteiger partial charge in [0.15, 0.2) is 0 Å². The van der Waals surface area contributed by atoms with E-state index in [0.717, 1.165) is 55.8 Å². The third kappa shape index (κ3) is 6.55. The number of ether oxygens (including phenoxy) is 1. The Bertz CT molecular complexity index is 1070. The fourth-order valence-corrected chi connectivity index (χ4v) is 4.84. The summed E-state index contributed by atoms with van der Waals surface area (Å²) in [4.78, 5) is 4.53. The first-order valence-electron chi connectivity index (χ1n) is 12.6. The summed E-state index contributed by atoms with van der Waals surface area (Å²) >= 11 is 0. The van der Waals surface area contributed by atoms with E-state index < -0.39 is 0 Å². The lowest BCUT2D eigenvalue weighted by atomic mass is 10.0. The van der Waals surface area contributed by atoms with E-state index in [0.29, 0.717) is 26.2 Å². The van der Waals surface area contributed by atoms with Crippen LogP contribution in [0.3, 0.4) is 0 Å². The van der Waals surface area contributed by atoms with Gasteiger partial charge in [0.05, 0.1) is 29.8 Å². The van der Waals surface area contributed by atoms with Crippen molar-refractivity contribution in [2.24, 2.45) is 0 Å². The van der Waals surface area contributed by atoms with Crippen LogP contribution in [0.2, 0.25) is 0 Å². The molecule has 1 aromatic heterocycles. The maximum Gasteiger partial charge on any atom is 0.127 e. The molecule has 35 heavy (non-hydrogen) atoms. The van der Waals surface area contributed by atoms with Crippen LogP contribution in [0.4, 0.5) is 4.39 Å². The molecule has 0 saturated carbocycles. The molecule has 188 valence electrons. The number of aliphatic hydroxyl groups excluding tert-OH is 1. The molecular weight excluding hydrogens is 443 g/mol. The normalized spacial score (nSPS) is 14.9. The van der Waals surface area contributed by atoms with Crippen LogP contribution in [0.25, 0.3) is 5.69 Å². The van der Waals surface area contributed by atoms with Crippen LogP contribution < -0.4 is 0 Å². The smallest absolute Gasteiger partial charge is 0.127 e.